The molecule has 0 saturated heterocycles. The summed E-state index contributed by atoms with van der Waals surface area (Å²) in [5.41, 5.74) is 1.36. The molecule has 1 heterocycles. The van der Waals surface area contributed by atoms with Crippen molar-refractivity contribution in [3.63, 3.8) is 0 Å². The molecule has 0 spiro atoms. The first kappa shape index (κ1) is 12.5. The molecule has 2 aromatic rings. The Morgan fingerprint density at radius 2 is 2.17 bits per heavy atom. The fourth-order valence-corrected chi connectivity index (χ4v) is 2.28. The van der Waals surface area contributed by atoms with E-state index < -0.39 is 4.92 Å². The molecule has 0 fully saturated rings. The fraction of sp³-hybridized carbons (Fsp3) is 0.167. The van der Waals surface area contributed by atoms with Gasteiger partial charge in [-0.3, -0.25) is 10.1 Å². The Bertz CT molecular complexity index is 583. The van der Waals surface area contributed by atoms with Crippen LogP contribution in [0.4, 0.5) is 15.1 Å². The van der Waals surface area contributed by atoms with Crippen molar-refractivity contribution in [2.45, 2.75) is 13.5 Å². The van der Waals surface area contributed by atoms with Crippen molar-refractivity contribution >= 4 is 22.0 Å². The highest BCUT2D eigenvalue weighted by molar-refractivity contribution is 7.15. The number of hydrogen-bond acceptors (Lipinski definition) is 4. The Kier molecular flexibility index (Phi) is 3.57. The van der Waals surface area contributed by atoms with Crippen molar-refractivity contribution in [2.24, 2.45) is 0 Å². The van der Waals surface area contributed by atoms with Crippen molar-refractivity contribution in [3.05, 3.63) is 56.7 Å². The molecule has 1 aromatic carbocycles. The van der Waals surface area contributed by atoms with E-state index in [2.05, 4.69) is 5.32 Å². The molecule has 1 N–H and O–H groups in total. The lowest BCUT2D eigenvalue weighted by Gasteiger charge is -2.06. The molecular weight excluding hydrogens is 255 g/mol. The molecule has 0 bridgehead atoms. The predicted molar refractivity (Wildman–Crippen MR) is 69.4 cm³/mol. The van der Waals surface area contributed by atoms with Crippen LogP contribution in [0.5, 0.6) is 0 Å². The van der Waals surface area contributed by atoms with E-state index in [4.69, 9.17) is 0 Å². The van der Waals surface area contributed by atoms with Crippen LogP contribution in [-0.4, -0.2) is 4.92 Å². The van der Waals surface area contributed by atoms with Gasteiger partial charge in [-0.2, -0.15) is 0 Å². The average Bonchev–Trinajstić information content (AvgIpc) is 2.79. The molecule has 0 aliphatic heterocycles. The second-order valence-electron chi connectivity index (χ2n) is 3.83. The van der Waals surface area contributed by atoms with Crippen molar-refractivity contribution < 1.29 is 9.31 Å². The van der Waals surface area contributed by atoms with Crippen LogP contribution in [0, 0.1) is 22.9 Å². The molecule has 0 radical (unpaired) electrons. The van der Waals surface area contributed by atoms with Crippen LogP contribution in [0.3, 0.4) is 0 Å². The molecule has 0 aliphatic rings. The largest absolute Gasteiger partial charge is 0.378 e. The molecule has 0 amide bonds. The summed E-state index contributed by atoms with van der Waals surface area (Å²) < 4.78 is 13.4. The first-order valence-corrected chi connectivity index (χ1v) is 6.11. The Morgan fingerprint density at radius 1 is 1.39 bits per heavy atom. The van der Waals surface area contributed by atoms with Gasteiger partial charge in [0.1, 0.15) is 5.82 Å². The van der Waals surface area contributed by atoms with Crippen LogP contribution in [-0.2, 0) is 6.54 Å². The fourth-order valence-electron chi connectivity index (χ4n) is 1.52. The second-order valence-corrected chi connectivity index (χ2v) is 4.98. The van der Waals surface area contributed by atoms with Gasteiger partial charge < -0.3 is 5.32 Å². The van der Waals surface area contributed by atoms with Gasteiger partial charge in [0.2, 0.25) is 0 Å². The van der Waals surface area contributed by atoms with Crippen LogP contribution in [0.15, 0.2) is 30.3 Å². The van der Waals surface area contributed by atoms with Gasteiger partial charge in [-0.25, -0.2) is 4.39 Å². The zero-order chi connectivity index (χ0) is 13.1. The number of nitro groups is 1. The van der Waals surface area contributed by atoms with E-state index in [1.54, 1.807) is 18.2 Å². The monoisotopic (exact) mass is 266 g/mol. The predicted octanol–water partition coefficient (Wildman–Crippen LogP) is 3.72. The third-order valence-corrected chi connectivity index (χ3v) is 3.44. The Hall–Kier alpha value is -1.95. The van der Waals surface area contributed by atoms with E-state index in [0.29, 0.717) is 12.2 Å². The molecule has 4 nitrogen and oxygen atoms in total. The number of nitrogens with one attached hydrogen (secondary N) is 1. The lowest BCUT2D eigenvalue weighted by Crippen LogP contribution is -2.00. The van der Waals surface area contributed by atoms with Crippen LogP contribution in [0.25, 0.3) is 0 Å². The van der Waals surface area contributed by atoms with E-state index in [0.717, 1.165) is 21.8 Å². The zero-order valence-electron chi connectivity index (χ0n) is 9.64. The van der Waals surface area contributed by atoms with Gasteiger partial charge in [-0.1, -0.05) is 17.4 Å². The smallest absolute Gasteiger partial charge is 0.324 e. The Morgan fingerprint density at radius 3 is 2.83 bits per heavy atom. The van der Waals surface area contributed by atoms with Gasteiger partial charge in [0.15, 0.2) is 0 Å². The van der Waals surface area contributed by atoms with Crippen molar-refractivity contribution in [2.75, 3.05) is 5.32 Å². The lowest BCUT2D eigenvalue weighted by molar-refractivity contribution is -0.380. The maximum atomic E-state index is 13.4. The average molecular weight is 266 g/mol. The summed E-state index contributed by atoms with van der Waals surface area (Å²) >= 11 is 1.09. The molecule has 6 heteroatoms. The minimum Gasteiger partial charge on any atom is -0.378 e. The minimum atomic E-state index is -0.429. The van der Waals surface area contributed by atoms with Gasteiger partial charge in [-0.15, -0.1) is 0 Å². The summed E-state index contributed by atoms with van der Waals surface area (Å²) in [6.07, 6.45) is 0. The van der Waals surface area contributed by atoms with Gasteiger partial charge in [0.05, 0.1) is 10.6 Å². The number of benzene rings is 1. The first-order chi connectivity index (χ1) is 8.56. The van der Waals surface area contributed by atoms with Gasteiger partial charge >= 0.3 is 5.00 Å². The summed E-state index contributed by atoms with van der Waals surface area (Å²) in [5.74, 6) is -0.327. The summed E-state index contributed by atoms with van der Waals surface area (Å²) in [6, 6.07) is 7.92. The standard InChI is InChI=1S/C12H11FN2O2S/c1-8-2-4-10(13)11(6-8)14-7-9-3-5-12(18-9)15(16)17/h2-6,14H,7H2,1H3. The summed E-state index contributed by atoms with van der Waals surface area (Å²) in [6.45, 7) is 2.25. The van der Waals surface area contributed by atoms with Crippen molar-refractivity contribution in [1.29, 1.82) is 0 Å². The number of rotatable bonds is 4. The quantitative estimate of drug-likeness (QED) is 0.678. The zero-order valence-corrected chi connectivity index (χ0v) is 10.5. The molecular formula is C12H11FN2O2S. The summed E-state index contributed by atoms with van der Waals surface area (Å²) in [4.78, 5) is 10.9. The Labute approximate surface area is 107 Å². The third-order valence-electron chi connectivity index (χ3n) is 2.40. The number of aryl methyl sites for hydroxylation is 1. The van der Waals surface area contributed by atoms with Gasteiger partial charge in [0.25, 0.3) is 0 Å². The molecule has 0 saturated carbocycles. The van der Waals surface area contributed by atoms with E-state index in [1.807, 2.05) is 6.92 Å². The number of halogens is 1. The number of thiophene rings is 1. The molecule has 94 valence electrons. The maximum absolute atomic E-state index is 13.4. The normalized spacial score (nSPS) is 10.3. The third kappa shape index (κ3) is 2.84. The van der Waals surface area contributed by atoms with E-state index in [-0.39, 0.29) is 10.8 Å². The number of anilines is 1. The summed E-state index contributed by atoms with van der Waals surface area (Å²) in [5, 5.41) is 13.6. The SMILES string of the molecule is Cc1ccc(F)c(NCc2ccc([N+](=O)[O-])s2)c1. The highest BCUT2D eigenvalue weighted by Crippen LogP contribution is 2.25. The maximum Gasteiger partial charge on any atom is 0.324 e. The van der Waals surface area contributed by atoms with Crippen LogP contribution in [0.1, 0.15) is 10.4 Å². The molecule has 0 aliphatic carbocycles. The lowest BCUT2D eigenvalue weighted by atomic mass is 10.2. The first-order valence-electron chi connectivity index (χ1n) is 5.29. The van der Waals surface area contributed by atoms with E-state index in [9.17, 15) is 14.5 Å². The van der Waals surface area contributed by atoms with E-state index in [1.165, 1.54) is 12.1 Å². The number of hydrogen-bond donors (Lipinski definition) is 1. The highest BCUT2D eigenvalue weighted by atomic mass is 32.1. The van der Waals surface area contributed by atoms with E-state index >= 15 is 0 Å². The molecule has 2 rings (SSSR count). The molecule has 18 heavy (non-hydrogen) atoms. The van der Waals surface area contributed by atoms with Crippen molar-refractivity contribution in [3.8, 4) is 0 Å². The molecule has 0 atom stereocenters. The minimum absolute atomic E-state index is 0.0940. The summed E-state index contributed by atoms with van der Waals surface area (Å²) in [7, 11) is 0. The molecule has 0 unspecified atom stereocenters. The number of nitrogens with zero attached hydrogens (tertiary/aromatic N) is 1. The van der Waals surface area contributed by atoms with Gasteiger partial charge in [0, 0.05) is 17.5 Å². The van der Waals surface area contributed by atoms with Crippen LogP contribution < -0.4 is 5.32 Å². The Balaban J connectivity index is 2.06. The topological polar surface area (TPSA) is 55.2 Å². The van der Waals surface area contributed by atoms with Gasteiger partial charge in [-0.05, 0) is 30.7 Å². The van der Waals surface area contributed by atoms with Crippen molar-refractivity contribution in [1.82, 2.24) is 0 Å². The van der Waals surface area contributed by atoms with Crippen LogP contribution in [0.2, 0.25) is 0 Å². The van der Waals surface area contributed by atoms with Crippen LogP contribution >= 0.6 is 11.3 Å². The highest BCUT2D eigenvalue weighted by Gasteiger charge is 2.10. The second kappa shape index (κ2) is 5.14. The molecule has 1 aromatic heterocycles.